The van der Waals surface area contributed by atoms with Crippen molar-refractivity contribution < 1.29 is 14.3 Å². The van der Waals surface area contributed by atoms with E-state index in [1.165, 1.54) is 4.90 Å². The molecule has 2 aromatic carbocycles. The SMILES string of the molecule is CC(C)CNC(=O)[C@@H](C)N(Cc1ccc(Cl)cc1Cl)C(=O)COc1ccc(I)cc1. The van der Waals surface area contributed by atoms with Crippen LogP contribution < -0.4 is 10.1 Å². The Bertz CT molecular complexity index is 875. The summed E-state index contributed by atoms with van der Waals surface area (Å²) in [4.78, 5) is 27.1. The fourth-order valence-electron chi connectivity index (χ4n) is 2.63. The lowest BCUT2D eigenvalue weighted by Crippen LogP contribution is -2.49. The molecule has 0 saturated carbocycles. The highest BCUT2D eigenvalue weighted by Crippen LogP contribution is 2.23. The van der Waals surface area contributed by atoms with E-state index in [0.29, 0.717) is 33.8 Å². The summed E-state index contributed by atoms with van der Waals surface area (Å²) in [6, 6.07) is 11.8. The summed E-state index contributed by atoms with van der Waals surface area (Å²) in [5.41, 5.74) is 0.701. The molecule has 5 nitrogen and oxygen atoms in total. The summed E-state index contributed by atoms with van der Waals surface area (Å²) in [5.74, 6) is 0.355. The second-order valence-electron chi connectivity index (χ2n) is 7.31. The number of benzene rings is 2. The molecular weight excluding hydrogens is 538 g/mol. The zero-order valence-corrected chi connectivity index (χ0v) is 20.8. The molecule has 0 bridgehead atoms. The Balaban J connectivity index is 2.16. The third-order valence-corrected chi connectivity index (χ3v) is 5.69. The van der Waals surface area contributed by atoms with Gasteiger partial charge in [-0.1, -0.05) is 43.1 Å². The van der Waals surface area contributed by atoms with Gasteiger partial charge in [0.2, 0.25) is 5.91 Å². The number of hydrogen-bond donors (Lipinski definition) is 1. The van der Waals surface area contributed by atoms with Crippen LogP contribution in [0.15, 0.2) is 42.5 Å². The van der Waals surface area contributed by atoms with Gasteiger partial charge in [0.05, 0.1) is 0 Å². The van der Waals surface area contributed by atoms with E-state index >= 15 is 0 Å². The van der Waals surface area contributed by atoms with Crippen molar-refractivity contribution in [1.82, 2.24) is 10.2 Å². The average Bonchev–Trinajstić information content (AvgIpc) is 2.70. The van der Waals surface area contributed by atoms with Crippen molar-refractivity contribution >= 4 is 57.6 Å². The van der Waals surface area contributed by atoms with Gasteiger partial charge in [-0.25, -0.2) is 0 Å². The van der Waals surface area contributed by atoms with Crippen molar-refractivity contribution in [3.63, 3.8) is 0 Å². The quantitative estimate of drug-likeness (QED) is 0.429. The van der Waals surface area contributed by atoms with Crippen LogP contribution in [0.1, 0.15) is 26.3 Å². The second-order valence-corrected chi connectivity index (χ2v) is 9.40. The minimum absolute atomic E-state index is 0.168. The van der Waals surface area contributed by atoms with E-state index in [2.05, 4.69) is 27.9 Å². The monoisotopic (exact) mass is 562 g/mol. The lowest BCUT2D eigenvalue weighted by Gasteiger charge is -2.29. The van der Waals surface area contributed by atoms with E-state index in [4.69, 9.17) is 27.9 Å². The predicted molar refractivity (Wildman–Crippen MR) is 129 cm³/mol. The Hall–Kier alpha value is -1.51. The van der Waals surface area contributed by atoms with Crippen molar-refractivity contribution in [3.8, 4) is 5.75 Å². The van der Waals surface area contributed by atoms with E-state index in [9.17, 15) is 9.59 Å². The minimum Gasteiger partial charge on any atom is -0.484 e. The maximum atomic E-state index is 13.0. The topological polar surface area (TPSA) is 58.6 Å². The summed E-state index contributed by atoms with van der Waals surface area (Å²) in [6.07, 6.45) is 0. The Labute approximate surface area is 201 Å². The smallest absolute Gasteiger partial charge is 0.261 e. The van der Waals surface area contributed by atoms with Crippen LogP contribution in [0.25, 0.3) is 0 Å². The van der Waals surface area contributed by atoms with Crippen LogP contribution in [-0.2, 0) is 16.1 Å². The van der Waals surface area contributed by atoms with E-state index in [1.54, 1.807) is 37.3 Å². The van der Waals surface area contributed by atoms with Gasteiger partial charge in [-0.05, 0) is 77.4 Å². The van der Waals surface area contributed by atoms with Gasteiger partial charge in [-0.15, -0.1) is 0 Å². The number of halogens is 3. The molecule has 0 aliphatic carbocycles. The molecule has 0 radical (unpaired) electrons. The molecule has 0 saturated heterocycles. The third-order valence-electron chi connectivity index (χ3n) is 4.38. The van der Waals surface area contributed by atoms with E-state index in [-0.39, 0.29) is 25.0 Å². The highest BCUT2D eigenvalue weighted by Gasteiger charge is 2.27. The van der Waals surface area contributed by atoms with Crippen LogP contribution in [-0.4, -0.2) is 35.9 Å². The molecule has 2 rings (SSSR count). The molecule has 0 aromatic heterocycles. The van der Waals surface area contributed by atoms with Gasteiger partial charge in [0.25, 0.3) is 5.91 Å². The van der Waals surface area contributed by atoms with Crippen molar-refractivity contribution in [3.05, 3.63) is 61.6 Å². The lowest BCUT2D eigenvalue weighted by atomic mass is 10.1. The molecule has 0 unspecified atom stereocenters. The molecule has 162 valence electrons. The minimum atomic E-state index is -0.691. The van der Waals surface area contributed by atoms with Crippen LogP contribution >= 0.6 is 45.8 Å². The van der Waals surface area contributed by atoms with Crippen molar-refractivity contribution in [2.45, 2.75) is 33.4 Å². The van der Waals surface area contributed by atoms with Gasteiger partial charge >= 0.3 is 0 Å². The molecule has 0 fully saturated rings. The molecule has 0 heterocycles. The Morgan fingerprint density at radius 2 is 1.77 bits per heavy atom. The molecule has 0 aliphatic rings. The highest BCUT2D eigenvalue weighted by molar-refractivity contribution is 14.1. The van der Waals surface area contributed by atoms with Crippen LogP contribution in [0.3, 0.4) is 0 Å². The number of carbonyl (C=O) groups is 2. The van der Waals surface area contributed by atoms with Gasteiger partial charge < -0.3 is 15.0 Å². The highest BCUT2D eigenvalue weighted by atomic mass is 127. The molecule has 1 N–H and O–H groups in total. The number of carbonyl (C=O) groups excluding carboxylic acids is 2. The fourth-order valence-corrected chi connectivity index (χ4v) is 3.46. The summed E-state index contributed by atoms with van der Waals surface area (Å²) < 4.78 is 6.71. The predicted octanol–water partition coefficient (Wildman–Crippen LogP) is 5.17. The molecular formula is C22H25Cl2IN2O3. The Morgan fingerprint density at radius 3 is 2.37 bits per heavy atom. The van der Waals surface area contributed by atoms with Crippen LogP contribution in [0, 0.1) is 9.49 Å². The maximum Gasteiger partial charge on any atom is 0.261 e. The number of ether oxygens (including phenoxy) is 1. The zero-order chi connectivity index (χ0) is 22.3. The first-order valence-corrected chi connectivity index (χ1v) is 11.4. The van der Waals surface area contributed by atoms with Crippen LogP contribution in [0.5, 0.6) is 5.75 Å². The summed E-state index contributed by atoms with van der Waals surface area (Å²) in [5, 5.41) is 3.82. The average molecular weight is 563 g/mol. The second kappa shape index (κ2) is 11.8. The van der Waals surface area contributed by atoms with E-state index < -0.39 is 6.04 Å². The molecule has 0 spiro atoms. The first-order valence-electron chi connectivity index (χ1n) is 9.57. The van der Waals surface area contributed by atoms with Crippen LogP contribution in [0.4, 0.5) is 0 Å². The first kappa shape index (κ1) is 24.8. The van der Waals surface area contributed by atoms with Gasteiger partial charge in [-0.3, -0.25) is 9.59 Å². The molecule has 0 aliphatic heterocycles. The standard InChI is InChI=1S/C22H25Cl2IN2O3/c1-14(2)11-26-22(29)15(3)27(12-16-4-5-17(23)10-20(16)24)21(28)13-30-19-8-6-18(25)7-9-19/h4-10,14-15H,11-13H2,1-3H3,(H,26,29)/t15-/m1/s1. The number of hydrogen-bond acceptors (Lipinski definition) is 3. The van der Waals surface area contributed by atoms with Gasteiger partial charge in [-0.2, -0.15) is 0 Å². The number of rotatable bonds is 9. The van der Waals surface area contributed by atoms with Gasteiger partial charge in [0.15, 0.2) is 6.61 Å². The Morgan fingerprint density at radius 1 is 1.10 bits per heavy atom. The summed E-state index contributed by atoms with van der Waals surface area (Å²) in [7, 11) is 0. The number of nitrogens with one attached hydrogen (secondary N) is 1. The molecule has 2 amide bonds. The molecule has 8 heteroatoms. The normalized spacial score (nSPS) is 11.8. The number of nitrogens with zero attached hydrogens (tertiary/aromatic N) is 1. The maximum absolute atomic E-state index is 13.0. The zero-order valence-electron chi connectivity index (χ0n) is 17.1. The van der Waals surface area contributed by atoms with Crippen molar-refractivity contribution in [2.75, 3.05) is 13.2 Å². The Kier molecular flexibility index (Phi) is 9.71. The van der Waals surface area contributed by atoms with Crippen LogP contribution in [0.2, 0.25) is 10.0 Å². The summed E-state index contributed by atoms with van der Waals surface area (Å²) in [6.45, 7) is 6.23. The van der Waals surface area contributed by atoms with Crippen molar-refractivity contribution in [1.29, 1.82) is 0 Å². The third kappa shape index (κ3) is 7.63. The first-order chi connectivity index (χ1) is 14.2. The van der Waals surface area contributed by atoms with Crippen molar-refractivity contribution in [2.24, 2.45) is 5.92 Å². The molecule has 1 atom stereocenters. The van der Waals surface area contributed by atoms with Gasteiger partial charge in [0.1, 0.15) is 11.8 Å². The number of amides is 2. The van der Waals surface area contributed by atoms with E-state index in [0.717, 1.165) is 3.57 Å². The fraction of sp³-hybridized carbons (Fsp3) is 0.364. The largest absolute Gasteiger partial charge is 0.484 e. The van der Waals surface area contributed by atoms with Gasteiger partial charge in [0, 0.05) is 26.7 Å². The summed E-state index contributed by atoms with van der Waals surface area (Å²) >= 11 is 14.5. The van der Waals surface area contributed by atoms with E-state index in [1.807, 2.05) is 26.0 Å². The lowest BCUT2D eigenvalue weighted by molar-refractivity contribution is -0.142. The molecule has 2 aromatic rings. The molecule has 30 heavy (non-hydrogen) atoms.